The smallest absolute Gasteiger partial charge is 0.323 e. The van der Waals surface area contributed by atoms with E-state index in [2.05, 4.69) is 10.3 Å². The number of carboxylic acids is 1. The molecular formula is C12H13ClN4O2. The van der Waals surface area contributed by atoms with Gasteiger partial charge in [-0.3, -0.25) is 9.48 Å². The second kappa shape index (κ2) is 5.71. The largest absolute Gasteiger partial charge is 0.480 e. The van der Waals surface area contributed by atoms with Crippen LogP contribution in [-0.4, -0.2) is 32.6 Å². The third-order valence-corrected chi connectivity index (χ3v) is 2.74. The van der Waals surface area contributed by atoms with Crippen molar-refractivity contribution in [3.8, 4) is 0 Å². The van der Waals surface area contributed by atoms with Crippen LogP contribution in [0.2, 0.25) is 5.02 Å². The van der Waals surface area contributed by atoms with Gasteiger partial charge in [-0.25, -0.2) is 0 Å². The van der Waals surface area contributed by atoms with Crippen molar-refractivity contribution >= 4 is 23.3 Å². The van der Waals surface area contributed by atoms with E-state index in [0.29, 0.717) is 17.3 Å². The number of hydrogen-bond acceptors (Lipinski definition) is 4. The summed E-state index contributed by atoms with van der Waals surface area (Å²) in [6.45, 7) is 0.234. The number of rotatable bonds is 5. The molecule has 0 aliphatic heterocycles. The van der Waals surface area contributed by atoms with Gasteiger partial charge in [-0.05, 0) is 18.2 Å². The quantitative estimate of drug-likeness (QED) is 0.900. The third kappa shape index (κ3) is 3.69. The van der Waals surface area contributed by atoms with Gasteiger partial charge in [0.15, 0.2) is 0 Å². The molecule has 0 spiro atoms. The predicted molar refractivity (Wildman–Crippen MR) is 71.1 cm³/mol. The molecule has 1 N–H and O–H groups in total. The van der Waals surface area contributed by atoms with Gasteiger partial charge in [-0.1, -0.05) is 22.9 Å². The molecule has 100 valence electrons. The Labute approximate surface area is 115 Å². The fraction of sp³-hybridized carbons (Fsp3) is 0.250. The lowest BCUT2D eigenvalue weighted by Crippen LogP contribution is -2.29. The monoisotopic (exact) mass is 280 g/mol. The SMILES string of the molecule is Cn1cc(CN(CC(=O)O)c2cccc(Cl)c2)nn1. The Kier molecular flexibility index (Phi) is 4.01. The van der Waals surface area contributed by atoms with E-state index in [0.717, 1.165) is 5.69 Å². The van der Waals surface area contributed by atoms with Gasteiger partial charge in [0.2, 0.25) is 0 Å². The molecule has 0 saturated heterocycles. The van der Waals surface area contributed by atoms with Crippen molar-refractivity contribution in [3.05, 3.63) is 41.2 Å². The summed E-state index contributed by atoms with van der Waals surface area (Å²) < 4.78 is 1.58. The van der Waals surface area contributed by atoms with Gasteiger partial charge in [-0.15, -0.1) is 5.10 Å². The van der Waals surface area contributed by atoms with Crippen molar-refractivity contribution in [3.63, 3.8) is 0 Å². The van der Waals surface area contributed by atoms with Crippen molar-refractivity contribution in [1.29, 1.82) is 0 Å². The standard InChI is InChI=1S/C12H13ClN4O2/c1-16-6-10(14-15-16)7-17(8-12(18)19)11-4-2-3-9(13)5-11/h2-6H,7-8H2,1H3,(H,18,19). The minimum Gasteiger partial charge on any atom is -0.480 e. The van der Waals surface area contributed by atoms with E-state index in [1.807, 2.05) is 6.07 Å². The predicted octanol–water partition coefficient (Wildman–Crippen LogP) is 1.56. The van der Waals surface area contributed by atoms with Crippen LogP contribution in [0.1, 0.15) is 5.69 Å². The van der Waals surface area contributed by atoms with Crippen molar-refractivity contribution < 1.29 is 9.90 Å². The molecule has 0 fully saturated rings. The molecule has 1 aromatic carbocycles. The zero-order chi connectivity index (χ0) is 13.8. The molecule has 0 radical (unpaired) electrons. The van der Waals surface area contributed by atoms with Crippen molar-refractivity contribution in [2.24, 2.45) is 7.05 Å². The second-order valence-corrected chi connectivity index (χ2v) is 4.55. The minimum atomic E-state index is -0.913. The number of hydrogen-bond donors (Lipinski definition) is 1. The summed E-state index contributed by atoms with van der Waals surface area (Å²) in [6.07, 6.45) is 1.75. The summed E-state index contributed by atoms with van der Waals surface area (Å²) in [5.74, 6) is -0.913. The maximum absolute atomic E-state index is 10.9. The van der Waals surface area contributed by atoms with E-state index >= 15 is 0 Å². The van der Waals surface area contributed by atoms with Crippen LogP contribution in [0, 0.1) is 0 Å². The lowest BCUT2D eigenvalue weighted by molar-refractivity contribution is -0.135. The summed E-state index contributed by atoms with van der Waals surface area (Å²) in [5.41, 5.74) is 1.43. The highest BCUT2D eigenvalue weighted by molar-refractivity contribution is 6.30. The summed E-state index contributed by atoms with van der Waals surface area (Å²) in [5, 5.41) is 17.3. The van der Waals surface area contributed by atoms with Gasteiger partial charge in [0.1, 0.15) is 12.2 Å². The van der Waals surface area contributed by atoms with E-state index in [-0.39, 0.29) is 6.54 Å². The number of carbonyl (C=O) groups is 1. The molecule has 0 saturated carbocycles. The number of carboxylic acid groups (broad SMARTS) is 1. The summed E-state index contributed by atoms with van der Waals surface area (Å²) in [6, 6.07) is 7.06. The number of aryl methyl sites for hydroxylation is 1. The topological polar surface area (TPSA) is 71.2 Å². The van der Waals surface area contributed by atoms with E-state index in [1.165, 1.54) is 0 Å². The maximum Gasteiger partial charge on any atom is 0.323 e. The molecule has 0 atom stereocenters. The number of halogens is 1. The first-order chi connectivity index (χ1) is 9.04. The van der Waals surface area contributed by atoms with Crippen LogP contribution in [0.25, 0.3) is 0 Å². The molecule has 0 unspecified atom stereocenters. The average molecular weight is 281 g/mol. The molecule has 1 heterocycles. The van der Waals surface area contributed by atoms with E-state index in [1.54, 1.807) is 41.0 Å². The number of benzene rings is 1. The molecular weight excluding hydrogens is 268 g/mol. The number of anilines is 1. The molecule has 0 amide bonds. The fourth-order valence-corrected chi connectivity index (χ4v) is 1.92. The summed E-state index contributed by atoms with van der Waals surface area (Å²) in [4.78, 5) is 12.6. The van der Waals surface area contributed by atoms with Crippen molar-refractivity contribution in [1.82, 2.24) is 15.0 Å². The Hall–Kier alpha value is -2.08. The molecule has 0 bridgehead atoms. The normalized spacial score (nSPS) is 10.4. The van der Waals surface area contributed by atoms with Gasteiger partial charge in [0.05, 0.1) is 6.54 Å². The van der Waals surface area contributed by atoms with Crippen LogP contribution < -0.4 is 4.90 Å². The van der Waals surface area contributed by atoms with Crippen LogP contribution >= 0.6 is 11.6 Å². The Morgan fingerprint density at radius 1 is 1.53 bits per heavy atom. The number of nitrogens with zero attached hydrogens (tertiary/aromatic N) is 4. The van der Waals surface area contributed by atoms with Crippen LogP contribution in [0.3, 0.4) is 0 Å². The second-order valence-electron chi connectivity index (χ2n) is 4.11. The first kappa shape index (κ1) is 13.4. The Bertz CT molecular complexity index is 585. The van der Waals surface area contributed by atoms with Crippen LogP contribution in [0.4, 0.5) is 5.69 Å². The number of aliphatic carboxylic acids is 1. The molecule has 0 aliphatic rings. The fourth-order valence-electron chi connectivity index (χ4n) is 1.74. The molecule has 2 rings (SSSR count). The highest BCUT2D eigenvalue weighted by Gasteiger charge is 2.13. The average Bonchev–Trinajstić information content (AvgIpc) is 2.73. The summed E-state index contributed by atoms with van der Waals surface area (Å²) >= 11 is 5.93. The van der Waals surface area contributed by atoms with E-state index in [9.17, 15) is 4.79 Å². The van der Waals surface area contributed by atoms with Crippen LogP contribution in [0.5, 0.6) is 0 Å². The zero-order valence-corrected chi connectivity index (χ0v) is 11.1. The molecule has 0 aliphatic carbocycles. The Balaban J connectivity index is 2.22. The molecule has 1 aromatic heterocycles. The molecule has 7 heteroatoms. The van der Waals surface area contributed by atoms with Gasteiger partial charge >= 0.3 is 5.97 Å². The van der Waals surface area contributed by atoms with E-state index < -0.39 is 5.97 Å². The number of aromatic nitrogens is 3. The highest BCUT2D eigenvalue weighted by atomic mass is 35.5. The lowest BCUT2D eigenvalue weighted by atomic mass is 10.2. The first-order valence-electron chi connectivity index (χ1n) is 5.62. The van der Waals surface area contributed by atoms with Gasteiger partial charge in [-0.2, -0.15) is 0 Å². The Morgan fingerprint density at radius 3 is 2.89 bits per heavy atom. The highest BCUT2D eigenvalue weighted by Crippen LogP contribution is 2.20. The maximum atomic E-state index is 10.9. The molecule has 2 aromatic rings. The first-order valence-corrected chi connectivity index (χ1v) is 6.00. The van der Waals surface area contributed by atoms with E-state index in [4.69, 9.17) is 16.7 Å². The van der Waals surface area contributed by atoms with Gasteiger partial charge in [0, 0.05) is 24.0 Å². The van der Waals surface area contributed by atoms with Crippen LogP contribution in [-0.2, 0) is 18.4 Å². The van der Waals surface area contributed by atoms with Crippen molar-refractivity contribution in [2.75, 3.05) is 11.4 Å². The zero-order valence-electron chi connectivity index (χ0n) is 10.3. The molecule has 19 heavy (non-hydrogen) atoms. The van der Waals surface area contributed by atoms with Gasteiger partial charge < -0.3 is 10.0 Å². The minimum absolute atomic E-state index is 0.128. The lowest BCUT2D eigenvalue weighted by Gasteiger charge is -2.21. The Morgan fingerprint density at radius 2 is 2.32 bits per heavy atom. The third-order valence-electron chi connectivity index (χ3n) is 2.50. The van der Waals surface area contributed by atoms with Crippen molar-refractivity contribution in [2.45, 2.75) is 6.54 Å². The molecule has 6 nitrogen and oxygen atoms in total. The van der Waals surface area contributed by atoms with Crippen LogP contribution in [0.15, 0.2) is 30.5 Å². The summed E-state index contributed by atoms with van der Waals surface area (Å²) in [7, 11) is 1.76. The van der Waals surface area contributed by atoms with Gasteiger partial charge in [0.25, 0.3) is 0 Å².